The van der Waals surface area contributed by atoms with Crippen LogP contribution in [0.4, 0.5) is 0 Å². The fraction of sp³-hybridized carbons (Fsp3) is 0.353. The van der Waals surface area contributed by atoms with Crippen LogP contribution in [-0.2, 0) is 19.4 Å². The summed E-state index contributed by atoms with van der Waals surface area (Å²) in [5.74, 6) is 0. The zero-order valence-corrected chi connectivity index (χ0v) is 13.1. The Hall–Kier alpha value is -1.65. The SMILES string of the molecule is CCC(N)Cc1cn(CCc2cccs2)c2ncccc12. The van der Waals surface area contributed by atoms with Crippen molar-refractivity contribution in [2.75, 3.05) is 0 Å². The predicted octanol–water partition coefficient (Wildman–Crippen LogP) is 3.62. The Kier molecular flexibility index (Phi) is 4.36. The molecule has 0 aromatic carbocycles. The summed E-state index contributed by atoms with van der Waals surface area (Å²) in [4.78, 5) is 5.98. The van der Waals surface area contributed by atoms with E-state index in [0.717, 1.165) is 31.5 Å². The molecule has 1 atom stereocenters. The number of aromatic nitrogens is 2. The summed E-state index contributed by atoms with van der Waals surface area (Å²) in [7, 11) is 0. The predicted molar refractivity (Wildman–Crippen MR) is 89.7 cm³/mol. The lowest BCUT2D eigenvalue weighted by molar-refractivity contribution is 0.644. The zero-order valence-electron chi connectivity index (χ0n) is 12.3. The highest BCUT2D eigenvalue weighted by molar-refractivity contribution is 7.09. The smallest absolute Gasteiger partial charge is 0.140 e. The fourth-order valence-electron chi connectivity index (χ4n) is 2.64. The average molecular weight is 299 g/mol. The van der Waals surface area contributed by atoms with E-state index in [1.54, 1.807) is 0 Å². The third-order valence-electron chi connectivity index (χ3n) is 3.90. The second-order valence-electron chi connectivity index (χ2n) is 5.42. The summed E-state index contributed by atoms with van der Waals surface area (Å²) in [5.41, 5.74) is 8.52. The first kappa shape index (κ1) is 14.3. The third-order valence-corrected chi connectivity index (χ3v) is 4.84. The normalized spacial score (nSPS) is 12.9. The lowest BCUT2D eigenvalue weighted by atomic mass is 10.1. The lowest BCUT2D eigenvalue weighted by Crippen LogP contribution is -2.21. The number of hydrogen-bond donors (Lipinski definition) is 1. The molecule has 3 rings (SSSR count). The fourth-order valence-corrected chi connectivity index (χ4v) is 3.34. The molecule has 0 amide bonds. The first-order chi connectivity index (χ1) is 10.3. The average Bonchev–Trinajstić information content (AvgIpc) is 3.14. The number of thiophene rings is 1. The van der Waals surface area contributed by atoms with Crippen LogP contribution >= 0.6 is 11.3 Å². The molecule has 3 aromatic heterocycles. The minimum absolute atomic E-state index is 0.224. The number of hydrogen-bond acceptors (Lipinski definition) is 3. The third kappa shape index (κ3) is 3.17. The van der Waals surface area contributed by atoms with Crippen LogP contribution in [0.25, 0.3) is 11.0 Å². The molecule has 3 aromatic rings. The van der Waals surface area contributed by atoms with E-state index in [1.807, 2.05) is 23.6 Å². The number of pyridine rings is 1. The monoisotopic (exact) mass is 299 g/mol. The first-order valence-electron chi connectivity index (χ1n) is 7.48. The van der Waals surface area contributed by atoms with E-state index in [-0.39, 0.29) is 6.04 Å². The van der Waals surface area contributed by atoms with E-state index in [0.29, 0.717) is 0 Å². The number of aryl methyl sites for hydroxylation is 2. The van der Waals surface area contributed by atoms with Crippen molar-refractivity contribution < 1.29 is 0 Å². The number of rotatable bonds is 6. The molecule has 0 spiro atoms. The molecule has 0 radical (unpaired) electrons. The quantitative estimate of drug-likeness (QED) is 0.755. The topological polar surface area (TPSA) is 43.8 Å². The van der Waals surface area contributed by atoms with E-state index in [1.165, 1.54) is 15.8 Å². The van der Waals surface area contributed by atoms with Gasteiger partial charge in [-0.2, -0.15) is 0 Å². The van der Waals surface area contributed by atoms with E-state index < -0.39 is 0 Å². The van der Waals surface area contributed by atoms with Crippen molar-refractivity contribution in [3.8, 4) is 0 Å². The summed E-state index contributed by atoms with van der Waals surface area (Å²) in [6.45, 7) is 3.11. The van der Waals surface area contributed by atoms with Gasteiger partial charge in [0.2, 0.25) is 0 Å². The zero-order chi connectivity index (χ0) is 14.7. The largest absolute Gasteiger partial charge is 0.332 e. The van der Waals surface area contributed by atoms with Crippen molar-refractivity contribution in [1.29, 1.82) is 0 Å². The molecule has 0 aliphatic carbocycles. The van der Waals surface area contributed by atoms with Crippen molar-refractivity contribution >= 4 is 22.4 Å². The molecule has 0 aliphatic heterocycles. The maximum absolute atomic E-state index is 6.13. The van der Waals surface area contributed by atoms with Crippen molar-refractivity contribution in [2.24, 2.45) is 5.73 Å². The highest BCUT2D eigenvalue weighted by Gasteiger charge is 2.11. The molecule has 4 heteroatoms. The van der Waals surface area contributed by atoms with E-state index >= 15 is 0 Å². The van der Waals surface area contributed by atoms with Gasteiger partial charge in [-0.15, -0.1) is 11.3 Å². The Labute approximate surface area is 129 Å². The van der Waals surface area contributed by atoms with Crippen LogP contribution in [0.2, 0.25) is 0 Å². The summed E-state index contributed by atoms with van der Waals surface area (Å²) < 4.78 is 2.27. The van der Waals surface area contributed by atoms with Gasteiger partial charge in [0.05, 0.1) is 0 Å². The van der Waals surface area contributed by atoms with Gasteiger partial charge in [0.1, 0.15) is 5.65 Å². The number of nitrogens with zero attached hydrogens (tertiary/aromatic N) is 2. The van der Waals surface area contributed by atoms with Gasteiger partial charge in [0.15, 0.2) is 0 Å². The molecular formula is C17H21N3S. The molecule has 21 heavy (non-hydrogen) atoms. The van der Waals surface area contributed by atoms with Gasteiger partial charge in [-0.3, -0.25) is 0 Å². The van der Waals surface area contributed by atoms with Gasteiger partial charge in [-0.1, -0.05) is 13.0 Å². The second kappa shape index (κ2) is 6.41. The Bertz CT molecular complexity index is 700. The lowest BCUT2D eigenvalue weighted by Gasteiger charge is -2.06. The molecule has 0 bridgehead atoms. The highest BCUT2D eigenvalue weighted by atomic mass is 32.1. The summed E-state index contributed by atoms with van der Waals surface area (Å²) in [5, 5.41) is 3.38. The highest BCUT2D eigenvalue weighted by Crippen LogP contribution is 2.22. The summed E-state index contributed by atoms with van der Waals surface area (Å²) >= 11 is 1.81. The standard InChI is InChI=1S/C17H21N3S/c1-2-14(18)11-13-12-20(9-7-15-5-4-10-21-15)17-16(13)6-3-8-19-17/h3-6,8,10,12,14H,2,7,9,11,18H2,1H3. The van der Waals surface area contributed by atoms with Crippen molar-refractivity contribution in [1.82, 2.24) is 9.55 Å². The van der Waals surface area contributed by atoms with Crippen LogP contribution < -0.4 is 5.73 Å². The van der Waals surface area contributed by atoms with E-state index in [4.69, 9.17) is 5.73 Å². The molecule has 3 nitrogen and oxygen atoms in total. The van der Waals surface area contributed by atoms with Gasteiger partial charge in [0, 0.05) is 35.2 Å². The first-order valence-corrected chi connectivity index (χ1v) is 8.36. The van der Waals surface area contributed by atoms with Gasteiger partial charge >= 0.3 is 0 Å². The Morgan fingerprint density at radius 3 is 3.00 bits per heavy atom. The van der Waals surface area contributed by atoms with Gasteiger partial charge in [-0.05, 0) is 48.4 Å². The number of fused-ring (bicyclic) bond motifs is 1. The molecule has 0 aliphatic rings. The van der Waals surface area contributed by atoms with Crippen LogP contribution in [0, 0.1) is 0 Å². The van der Waals surface area contributed by atoms with Gasteiger partial charge < -0.3 is 10.3 Å². The Morgan fingerprint density at radius 2 is 2.24 bits per heavy atom. The minimum atomic E-state index is 0.224. The summed E-state index contributed by atoms with van der Waals surface area (Å²) in [6.07, 6.45) is 7.08. The molecule has 1 unspecified atom stereocenters. The minimum Gasteiger partial charge on any atom is -0.332 e. The summed E-state index contributed by atoms with van der Waals surface area (Å²) in [6, 6.07) is 8.69. The van der Waals surface area contributed by atoms with Crippen LogP contribution in [-0.4, -0.2) is 15.6 Å². The molecule has 3 heterocycles. The molecule has 110 valence electrons. The van der Waals surface area contributed by atoms with Crippen molar-refractivity contribution in [3.63, 3.8) is 0 Å². The van der Waals surface area contributed by atoms with Crippen LogP contribution in [0.15, 0.2) is 42.0 Å². The van der Waals surface area contributed by atoms with Crippen LogP contribution in [0.1, 0.15) is 23.8 Å². The van der Waals surface area contributed by atoms with E-state index in [2.05, 4.69) is 46.3 Å². The van der Waals surface area contributed by atoms with Gasteiger partial charge in [-0.25, -0.2) is 4.98 Å². The molecular weight excluding hydrogens is 278 g/mol. The molecule has 0 saturated heterocycles. The van der Waals surface area contributed by atoms with Crippen molar-refractivity contribution in [2.45, 2.75) is 38.8 Å². The Balaban J connectivity index is 1.87. The molecule has 0 saturated carbocycles. The van der Waals surface area contributed by atoms with Gasteiger partial charge in [0.25, 0.3) is 0 Å². The maximum atomic E-state index is 6.13. The van der Waals surface area contributed by atoms with Crippen LogP contribution in [0.3, 0.4) is 0 Å². The number of nitrogens with two attached hydrogens (primary N) is 1. The Morgan fingerprint density at radius 1 is 1.33 bits per heavy atom. The van der Waals surface area contributed by atoms with E-state index in [9.17, 15) is 0 Å². The molecule has 2 N–H and O–H groups in total. The van der Waals surface area contributed by atoms with Crippen LogP contribution in [0.5, 0.6) is 0 Å². The molecule has 0 fully saturated rings. The van der Waals surface area contributed by atoms with Crippen molar-refractivity contribution in [3.05, 3.63) is 52.5 Å². The second-order valence-corrected chi connectivity index (χ2v) is 6.46. The maximum Gasteiger partial charge on any atom is 0.140 e.